The Labute approximate surface area is 154 Å². The number of methoxy groups -OCH3 is 2. The summed E-state index contributed by atoms with van der Waals surface area (Å²) in [5.74, 6) is 3.57. The molecular weight excluding hydrogens is 334 g/mol. The summed E-state index contributed by atoms with van der Waals surface area (Å²) in [4.78, 5) is 0. The lowest BCUT2D eigenvalue weighted by atomic mass is 10.2. The summed E-state index contributed by atoms with van der Waals surface area (Å²) in [6.45, 7) is 4.15. The van der Waals surface area contributed by atoms with E-state index in [1.165, 1.54) is 0 Å². The average Bonchev–Trinajstić information content (AvgIpc) is 2.67. The minimum absolute atomic E-state index is 0.00528. The number of hydrogen-bond acceptors (Lipinski definition) is 5. The fourth-order valence-electron chi connectivity index (χ4n) is 2.91. The van der Waals surface area contributed by atoms with Crippen molar-refractivity contribution >= 4 is 0 Å². The fraction of sp³-hybridized carbons (Fsp3) is 0.400. The van der Waals surface area contributed by atoms with Crippen LogP contribution in [0.5, 0.6) is 28.7 Å². The summed E-state index contributed by atoms with van der Waals surface area (Å²) in [7, 11) is 3.24. The van der Waals surface area contributed by atoms with Gasteiger partial charge in [0.15, 0.2) is 29.1 Å². The third-order valence-corrected chi connectivity index (χ3v) is 4.31. The molecule has 0 radical (unpaired) electrons. The SMILES string of the molecule is COc1cccc(OC)c1OCC[NH2+]C[C@H]1Oc2ccccc2O[C@H]1C. The van der Waals surface area contributed by atoms with E-state index in [2.05, 4.69) is 5.32 Å². The molecule has 0 aliphatic carbocycles. The number of nitrogens with two attached hydrogens (primary N) is 1. The number of rotatable bonds is 8. The van der Waals surface area contributed by atoms with Gasteiger partial charge in [0.05, 0.1) is 14.2 Å². The lowest BCUT2D eigenvalue weighted by Gasteiger charge is -2.30. The van der Waals surface area contributed by atoms with Crippen LogP contribution in [0.4, 0.5) is 0 Å². The number of ether oxygens (including phenoxy) is 5. The van der Waals surface area contributed by atoms with E-state index in [0.717, 1.165) is 24.6 Å². The van der Waals surface area contributed by atoms with Crippen LogP contribution < -0.4 is 29.0 Å². The summed E-state index contributed by atoms with van der Waals surface area (Å²) in [6.07, 6.45) is 0.0158. The number of fused-ring (bicyclic) bond motifs is 1. The predicted molar refractivity (Wildman–Crippen MR) is 97.6 cm³/mol. The number of benzene rings is 2. The van der Waals surface area contributed by atoms with Gasteiger partial charge in [-0.15, -0.1) is 0 Å². The van der Waals surface area contributed by atoms with Gasteiger partial charge in [0.1, 0.15) is 25.8 Å². The maximum absolute atomic E-state index is 6.04. The Balaban J connectivity index is 1.47. The van der Waals surface area contributed by atoms with Gasteiger partial charge in [0.25, 0.3) is 0 Å². The molecule has 2 aromatic carbocycles. The quantitative estimate of drug-likeness (QED) is 0.728. The molecule has 0 amide bonds. The Kier molecular flexibility index (Phi) is 6.07. The molecule has 6 heteroatoms. The van der Waals surface area contributed by atoms with Gasteiger partial charge < -0.3 is 29.0 Å². The molecule has 6 nitrogen and oxygen atoms in total. The first kappa shape index (κ1) is 18.2. The van der Waals surface area contributed by atoms with Gasteiger partial charge in [-0.1, -0.05) is 18.2 Å². The number of hydrogen-bond donors (Lipinski definition) is 1. The van der Waals surface area contributed by atoms with Crippen molar-refractivity contribution in [3.8, 4) is 28.7 Å². The van der Waals surface area contributed by atoms with E-state index >= 15 is 0 Å². The Hall–Kier alpha value is -2.60. The van der Waals surface area contributed by atoms with Gasteiger partial charge >= 0.3 is 0 Å². The van der Waals surface area contributed by atoms with Gasteiger partial charge in [-0.3, -0.25) is 0 Å². The highest BCUT2D eigenvalue weighted by Gasteiger charge is 2.29. The topological polar surface area (TPSA) is 62.8 Å². The highest BCUT2D eigenvalue weighted by atomic mass is 16.6. The molecule has 26 heavy (non-hydrogen) atoms. The fourth-order valence-corrected chi connectivity index (χ4v) is 2.91. The largest absolute Gasteiger partial charge is 0.493 e. The van der Waals surface area contributed by atoms with Crippen LogP contribution in [0.15, 0.2) is 42.5 Å². The molecule has 1 aliphatic heterocycles. The molecule has 0 bridgehead atoms. The Morgan fingerprint density at radius 2 is 1.58 bits per heavy atom. The average molecular weight is 360 g/mol. The van der Waals surface area contributed by atoms with Gasteiger partial charge in [-0.05, 0) is 31.2 Å². The van der Waals surface area contributed by atoms with Crippen molar-refractivity contribution in [2.45, 2.75) is 19.1 Å². The molecule has 0 fully saturated rings. The molecule has 140 valence electrons. The second-order valence-corrected chi connectivity index (χ2v) is 6.08. The minimum Gasteiger partial charge on any atom is -0.493 e. The first-order valence-electron chi connectivity index (χ1n) is 8.80. The number of quaternary nitrogens is 1. The molecular formula is C20H26NO5+. The van der Waals surface area contributed by atoms with Crippen molar-refractivity contribution in [1.29, 1.82) is 0 Å². The van der Waals surface area contributed by atoms with E-state index in [9.17, 15) is 0 Å². The summed E-state index contributed by atoms with van der Waals surface area (Å²) in [5.41, 5.74) is 0. The van der Waals surface area contributed by atoms with Crippen molar-refractivity contribution in [2.24, 2.45) is 0 Å². The van der Waals surface area contributed by atoms with E-state index in [0.29, 0.717) is 23.9 Å². The molecule has 0 unspecified atom stereocenters. The van der Waals surface area contributed by atoms with Crippen LogP contribution in [0.1, 0.15) is 6.92 Å². The van der Waals surface area contributed by atoms with Crippen LogP contribution in [0.3, 0.4) is 0 Å². The van der Waals surface area contributed by atoms with Gasteiger partial charge in [-0.2, -0.15) is 0 Å². The minimum atomic E-state index is 0.00528. The van der Waals surface area contributed by atoms with Crippen molar-refractivity contribution in [2.75, 3.05) is 33.9 Å². The van der Waals surface area contributed by atoms with Crippen LogP contribution in [0.25, 0.3) is 0 Å². The molecule has 0 aromatic heterocycles. The maximum Gasteiger partial charge on any atom is 0.203 e. The Bertz CT molecular complexity index is 699. The van der Waals surface area contributed by atoms with Crippen molar-refractivity contribution in [3.05, 3.63) is 42.5 Å². The Morgan fingerprint density at radius 1 is 0.923 bits per heavy atom. The van der Waals surface area contributed by atoms with Gasteiger partial charge in [-0.25, -0.2) is 0 Å². The van der Waals surface area contributed by atoms with Crippen molar-refractivity contribution in [1.82, 2.24) is 0 Å². The first-order valence-corrected chi connectivity index (χ1v) is 8.80. The summed E-state index contributed by atoms with van der Waals surface area (Å²) in [5, 5.41) is 2.17. The second-order valence-electron chi connectivity index (χ2n) is 6.08. The third-order valence-electron chi connectivity index (χ3n) is 4.31. The molecule has 2 N–H and O–H groups in total. The van der Waals surface area contributed by atoms with E-state index in [1.807, 2.05) is 49.4 Å². The monoisotopic (exact) mass is 360 g/mol. The summed E-state index contributed by atoms with van der Waals surface area (Å²) >= 11 is 0. The zero-order valence-corrected chi connectivity index (χ0v) is 15.4. The summed E-state index contributed by atoms with van der Waals surface area (Å²) in [6, 6.07) is 13.3. The summed E-state index contributed by atoms with van der Waals surface area (Å²) < 4.78 is 28.5. The predicted octanol–water partition coefficient (Wildman–Crippen LogP) is 1.87. The molecule has 1 aliphatic rings. The number of para-hydroxylation sites is 3. The van der Waals surface area contributed by atoms with Crippen LogP contribution in [0.2, 0.25) is 0 Å². The maximum atomic E-state index is 6.04. The van der Waals surface area contributed by atoms with E-state index in [-0.39, 0.29) is 12.2 Å². The van der Waals surface area contributed by atoms with Gasteiger partial charge in [0.2, 0.25) is 5.75 Å². The van der Waals surface area contributed by atoms with E-state index < -0.39 is 0 Å². The lowest BCUT2D eigenvalue weighted by Crippen LogP contribution is -2.88. The van der Waals surface area contributed by atoms with Gasteiger partial charge in [0, 0.05) is 0 Å². The standard InChI is InChI=1S/C20H25NO5/c1-14-19(26-16-8-5-4-7-15(16)25-14)13-21-11-12-24-20-17(22-2)9-6-10-18(20)23-3/h4-10,14,19,21H,11-13H2,1-3H3/p+1/t14-,19+/m0/s1. The van der Waals surface area contributed by atoms with E-state index in [4.69, 9.17) is 23.7 Å². The highest BCUT2D eigenvalue weighted by Crippen LogP contribution is 2.36. The van der Waals surface area contributed by atoms with Crippen LogP contribution in [-0.4, -0.2) is 46.1 Å². The molecule has 3 rings (SSSR count). The molecule has 0 spiro atoms. The molecule has 2 atom stereocenters. The van der Waals surface area contributed by atoms with Crippen LogP contribution >= 0.6 is 0 Å². The van der Waals surface area contributed by atoms with Crippen LogP contribution in [0, 0.1) is 0 Å². The molecule has 2 aromatic rings. The van der Waals surface area contributed by atoms with Crippen molar-refractivity contribution < 1.29 is 29.0 Å². The Morgan fingerprint density at radius 3 is 2.23 bits per heavy atom. The third kappa shape index (κ3) is 4.14. The lowest BCUT2D eigenvalue weighted by molar-refractivity contribution is -0.661. The normalized spacial score (nSPS) is 18.3. The molecule has 0 saturated carbocycles. The zero-order valence-electron chi connectivity index (χ0n) is 15.4. The smallest absolute Gasteiger partial charge is 0.203 e. The van der Waals surface area contributed by atoms with Crippen LogP contribution in [-0.2, 0) is 0 Å². The second kappa shape index (κ2) is 8.67. The first-order chi connectivity index (χ1) is 12.7. The van der Waals surface area contributed by atoms with Crippen molar-refractivity contribution in [3.63, 3.8) is 0 Å². The molecule has 0 saturated heterocycles. The zero-order chi connectivity index (χ0) is 18.4. The molecule has 1 heterocycles. The highest BCUT2D eigenvalue weighted by molar-refractivity contribution is 5.51. The van der Waals surface area contributed by atoms with E-state index in [1.54, 1.807) is 14.2 Å².